The van der Waals surface area contributed by atoms with Crippen LogP contribution >= 0.6 is 15.9 Å². The van der Waals surface area contributed by atoms with Crippen molar-refractivity contribution in [3.05, 3.63) is 52.9 Å². The molecule has 0 aliphatic carbocycles. The topological polar surface area (TPSA) is 51.5 Å². The summed E-state index contributed by atoms with van der Waals surface area (Å²) in [5.41, 5.74) is 0.625. The van der Waals surface area contributed by atoms with Crippen molar-refractivity contribution in [2.24, 2.45) is 0 Å². The molecule has 19 heavy (non-hydrogen) atoms. The van der Waals surface area contributed by atoms with E-state index in [9.17, 15) is 4.79 Å². The Bertz CT molecular complexity index is 604. The summed E-state index contributed by atoms with van der Waals surface area (Å²) >= 11 is 3.19. The maximum Gasteiger partial charge on any atom is 0.248 e. The predicted octanol–water partition coefficient (Wildman–Crippen LogP) is 3.70. The number of para-hydroxylation sites is 2. The van der Waals surface area contributed by atoms with Crippen molar-refractivity contribution in [3.8, 4) is 5.75 Å². The van der Waals surface area contributed by atoms with Crippen molar-refractivity contribution in [1.82, 2.24) is 0 Å². The lowest BCUT2D eigenvalue weighted by molar-refractivity contribution is -0.111. The fourth-order valence-corrected chi connectivity index (χ4v) is 1.82. The van der Waals surface area contributed by atoms with Crippen LogP contribution < -0.4 is 10.1 Å². The Balaban J connectivity index is 2.03. The molecule has 0 atom stereocenters. The van der Waals surface area contributed by atoms with Gasteiger partial charge in [0.05, 0.1) is 12.8 Å². The number of carbonyl (C=O) groups excluding carboxylic acids is 1. The molecule has 1 amide bonds. The van der Waals surface area contributed by atoms with Gasteiger partial charge in [0.1, 0.15) is 11.5 Å². The van der Waals surface area contributed by atoms with Crippen molar-refractivity contribution in [3.63, 3.8) is 0 Å². The minimum absolute atomic E-state index is 0.253. The molecule has 0 saturated carbocycles. The number of anilines is 1. The van der Waals surface area contributed by atoms with Gasteiger partial charge < -0.3 is 14.5 Å². The first-order valence-corrected chi connectivity index (χ1v) is 6.36. The Morgan fingerprint density at radius 3 is 2.79 bits per heavy atom. The lowest BCUT2D eigenvalue weighted by Crippen LogP contribution is -2.08. The zero-order chi connectivity index (χ0) is 13.7. The predicted molar refractivity (Wildman–Crippen MR) is 77.1 cm³/mol. The summed E-state index contributed by atoms with van der Waals surface area (Å²) in [5.74, 6) is 0.962. The van der Waals surface area contributed by atoms with Crippen molar-refractivity contribution in [2.45, 2.75) is 0 Å². The van der Waals surface area contributed by atoms with Crippen LogP contribution in [-0.4, -0.2) is 13.0 Å². The Morgan fingerprint density at radius 1 is 1.32 bits per heavy atom. The van der Waals surface area contributed by atoms with E-state index >= 15 is 0 Å². The van der Waals surface area contributed by atoms with Crippen molar-refractivity contribution in [1.29, 1.82) is 0 Å². The normalized spacial score (nSPS) is 10.6. The molecule has 4 nitrogen and oxygen atoms in total. The number of rotatable bonds is 4. The van der Waals surface area contributed by atoms with E-state index < -0.39 is 0 Å². The smallest absolute Gasteiger partial charge is 0.248 e. The van der Waals surface area contributed by atoms with Crippen LogP contribution in [0.3, 0.4) is 0 Å². The molecule has 1 heterocycles. The summed E-state index contributed by atoms with van der Waals surface area (Å²) in [6, 6.07) is 10.7. The third kappa shape index (κ3) is 3.72. The number of furan rings is 1. The van der Waals surface area contributed by atoms with Crippen LogP contribution in [0.25, 0.3) is 6.08 Å². The Morgan fingerprint density at radius 2 is 2.11 bits per heavy atom. The molecule has 0 aliphatic rings. The first kappa shape index (κ1) is 13.4. The average molecular weight is 322 g/mol. The SMILES string of the molecule is COc1ccccc1NC(=O)/C=C/c1ccc(Br)o1. The molecule has 98 valence electrons. The molecule has 0 aliphatic heterocycles. The number of halogens is 1. The second kappa shape index (κ2) is 6.24. The first-order valence-electron chi connectivity index (χ1n) is 5.56. The number of methoxy groups -OCH3 is 1. The fraction of sp³-hybridized carbons (Fsp3) is 0.0714. The van der Waals surface area contributed by atoms with Gasteiger partial charge in [0.15, 0.2) is 4.67 Å². The van der Waals surface area contributed by atoms with Crippen LogP contribution in [0.15, 0.2) is 51.6 Å². The van der Waals surface area contributed by atoms with Gasteiger partial charge in [-0.25, -0.2) is 0 Å². The number of ether oxygens (including phenoxy) is 1. The molecule has 1 aromatic heterocycles. The zero-order valence-corrected chi connectivity index (χ0v) is 11.8. The monoisotopic (exact) mass is 321 g/mol. The standard InChI is InChI=1S/C14H12BrNO3/c1-18-12-5-3-2-4-11(12)16-14(17)9-7-10-6-8-13(15)19-10/h2-9H,1H3,(H,16,17)/b9-7+. The van der Waals surface area contributed by atoms with Crippen LogP contribution in [0.4, 0.5) is 5.69 Å². The highest BCUT2D eigenvalue weighted by atomic mass is 79.9. The van der Waals surface area contributed by atoms with E-state index in [-0.39, 0.29) is 5.91 Å². The van der Waals surface area contributed by atoms with Crippen LogP contribution in [-0.2, 0) is 4.79 Å². The number of hydrogen-bond donors (Lipinski definition) is 1. The minimum atomic E-state index is -0.253. The Kier molecular flexibility index (Phi) is 4.41. The Labute approximate surface area is 119 Å². The summed E-state index contributed by atoms with van der Waals surface area (Å²) < 4.78 is 11.0. The number of nitrogens with one attached hydrogen (secondary N) is 1. The molecule has 0 fully saturated rings. The molecule has 0 spiro atoms. The van der Waals surface area contributed by atoms with E-state index in [1.807, 2.05) is 12.1 Å². The molecule has 0 saturated heterocycles. The van der Waals surface area contributed by atoms with Crippen molar-refractivity contribution < 1.29 is 13.9 Å². The van der Waals surface area contributed by atoms with E-state index in [0.717, 1.165) is 0 Å². The summed E-state index contributed by atoms with van der Waals surface area (Å²) in [6.45, 7) is 0. The third-order valence-electron chi connectivity index (χ3n) is 2.36. The summed E-state index contributed by atoms with van der Waals surface area (Å²) in [4.78, 5) is 11.8. The van der Waals surface area contributed by atoms with Crippen LogP contribution in [0, 0.1) is 0 Å². The highest BCUT2D eigenvalue weighted by molar-refractivity contribution is 9.10. The van der Waals surface area contributed by atoms with Crippen LogP contribution in [0.5, 0.6) is 5.75 Å². The minimum Gasteiger partial charge on any atom is -0.495 e. The molecule has 2 aromatic rings. The van der Waals surface area contributed by atoms with Gasteiger partial charge in [-0.15, -0.1) is 0 Å². The van der Waals surface area contributed by atoms with Gasteiger partial charge in [-0.2, -0.15) is 0 Å². The second-order valence-electron chi connectivity index (χ2n) is 3.66. The number of hydrogen-bond acceptors (Lipinski definition) is 3. The lowest BCUT2D eigenvalue weighted by atomic mass is 10.3. The highest BCUT2D eigenvalue weighted by Crippen LogP contribution is 2.23. The Hall–Kier alpha value is -2.01. The number of amides is 1. The number of carbonyl (C=O) groups is 1. The average Bonchev–Trinajstić information content (AvgIpc) is 2.83. The maximum atomic E-state index is 11.8. The van der Waals surface area contributed by atoms with Gasteiger partial charge in [-0.3, -0.25) is 4.79 Å². The van der Waals surface area contributed by atoms with E-state index in [2.05, 4.69) is 21.2 Å². The van der Waals surface area contributed by atoms with Crippen LogP contribution in [0.2, 0.25) is 0 Å². The van der Waals surface area contributed by atoms with Crippen molar-refractivity contribution >= 4 is 33.6 Å². The summed E-state index contributed by atoms with van der Waals surface area (Å²) in [5, 5.41) is 2.73. The largest absolute Gasteiger partial charge is 0.495 e. The fourth-order valence-electron chi connectivity index (χ4n) is 1.50. The molecular weight excluding hydrogens is 310 g/mol. The molecule has 0 bridgehead atoms. The second-order valence-corrected chi connectivity index (χ2v) is 4.45. The lowest BCUT2D eigenvalue weighted by Gasteiger charge is -2.07. The van der Waals surface area contributed by atoms with Gasteiger partial charge in [-0.05, 0) is 46.3 Å². The molecule has 0 unspecified atom stereocenters. The summed E-state index contributed by atoms with van der Waals surface area (Å²) in [6.07, 6.45) is 2.99. The van der Waals surface area contributed by atoms with Gasteiger partial charge in [0, 0.05) is 6.08 Å². The van der Waals surface area contributed by atoms with Gasteiger partial charge >= 0.3 is 0 Å². The molecule has 2 rings (SSSR count). The molecular formula is C14H12BrNO3. The number of benzene rings is 1. The van der Waals surface area contributed by atoms with Crippen molar-refractivity contribution in [2.75, 3.05) is 12.4 Å². The van der Waals surface area contributed by atoms with Crippen LogP contribution in [0.1, 0.15) is 5.76 Å². The maximum absolute atomic E-state index is 11.8. The van der Waals surface area contributed by atoms with E-state index in [1.165, 1.54) is 6.08 Å². The molecule has 5 heteroatoms. The van der Waals surface area contributed by atoms with E-state index in [1.54, 1.807) is 37.5 Å². The van der Waals surface area contributed by atoms with E-state index in [4.69, 9.17) is 9.15 Å². The molecule has 0 radical (unpaired) electrons. The van der Waals surface area contributed by atoms with E-state index in [0.29, 0.717) is 21.9 Å². The third-order valence-corrected chi connectivity index (χ3v) is 2.78. The van der Waals surface area contributed by atoms with Gasteiger partial charge in [0.2, 0.25) is 5.91 Å². The highest BCUT2D eigenvalue weighted by Gasteiger charge is 2.04. The molecule has 1 N–H and O–H groups in total. The van der Waals surface area contributed by atoms with Gasteiger partial charge in [-0.1, -0.05) is 12.1 Å². The first-order chi connectivity index (χ1) is 9.19. The summed E-state index contributed by atoms with van der Waals surface area (Å²) in [7, 11) is 1.56. The van der Waals surface area contributed by atoms with Gasteiger partial charge in [0.25, 0.3) is 0 Å². The zero-order valence-electron chi connectivity index (χ0n) is 10.2. The molecule has 1 aromatic carbocycles. The quantitative estimate of drug-likeness (QED) is 0.873.